The topological polar surface area (TPSA) is 35.8 Å². The Morgan fingerprint density at radius 2 is 1.69 bits per heavy atom. The molecule has 16 heavy (non-hydrogen) atoms. The Kier molecular flexibility index (Phi) is 5.28. The van der Waals surface area contributed by atoms with Crippen molar-refractivity contribution in [3.05, 3.63) is 0 Å². The predicted molar refractivity (Wildman–Crippen MR) is 68.1 cm³/mol. The number of nitrogens with zero attached hydrogens (tertiary/aromatic N) is 1. The van der Waals surface area contributed by atoms with Crippen molar-refractivity contribution in [2.24, 2.45) is 5.92 Å². The Labute approximate surface area is 100 Å². The van der Waals surface area contributed by atoms with E-state index in [-0.39, 0.29) is 11.5 Å². The SMILES string of the molecule is CCC(CC)(CC)NC1CCCCC1C#N. The molecule has 2 nitrogen and oxygen atoms in total. The molecule has 1 N–H and O–H groups in total. The van der Waals surface area contributed by atoms with Crippen LogP contribution in [0.2, 0.25) is 0 Å². The van der Waals surface area contributed by atoms with Crippen LogP contribution in [0.15, 0.2) is 0 Å². The third-order valence-electron chi connectivity index (χ3n) is 4.45. The maximum absolute atomic E-state index is 9.19. The number of rotatable bonds is 5. The molecular formula is C14H26N2. The molecule has 0 radical (unpaired) electrons. The van der Waals surface area contributed by atoms with Crippen molar-refractivity contribution in [3.63, 3.8) is 0 Å². The lowest BCUT2D eigenvalue weighted by atomic mass is 9.81. The van der Waals surface area contributed by atoms with Gasteiger partial charge in [-0.25, -0.2) is 0 Å². The first-order valence-electron chi connectivity index (χ1n) is 6.88. The van der Waals surface area contributed by atoms with Gasteiger partial charge in [0.05, 0.1) is 12.0 Å². The summed E-state index contributed by atoms with van der Waals surface area (Å²) in [5.41, 5.74) is 0.261. The highest BCUT2D eigenvalue weighted by Gasteiger charge is 2.32. The molecule has 0 heterocycles. The normalized spacial score (nSPS) is 26.4. The zero-order valence-corrected chi connectivity index (χ0v) is 11.1. The van der Waals surface area contributed by atoms with E-state index < -0.39 is 0 Å². The molecule has 0 aromatic rings. The predicted octanol–water partition coefficient (Wildman–Crippen LogP) is 3.63. The Hall–Kier alpha value is -0.550. The lowest BCUT2D eigenvalue weighted by Crippen LogP contribution is -2.52. The van der Waals surface area contributed by atoms with Crippen LogP contribution >= 0.6 is 0 Å². The molecule has 0 aliphatic heterocycles. The summed E-state index contributed by atoms with van der Waals surface area (Å²) in [5, 5.41) is 13.0. The van der Waals surface area contributed by atoms with E-state index in [0.717, 1.165) is 25.7 Å². The number of hydrogen-bond donors (Lipinski definition) is 1. The molecule has 0 aromatic carbocycles. The van der Waals surface area contributed by atoms with Crippen LogP contribution in [0, 0.1) is 17.2 Å². The van der Waals surface area contributed by atoms with Crippen molar-refractivity contribution in [1.29, 1.82) is 5.26 Å². The van der Waals surface area contributed by atoms with Gasteiger partial charge < -0.3 is 5.32 Å². The maximum Gasteiger partial charge on any atom is 0.0672 e. The smallest absolute Gasteiger partial charge is 0.0672 e. The van der Waals surface area contributed by atoms with Gasteiger partial charge >= 0.3 is 0 Å². The van der Waals surface area contributed by atoms with E-state index in [4.69, 9.17) is 0 Å². The zero-order valence-electron chi connectivity index (χ0n) is 11.1. The van der Waals surface area contributed by atoms with Gasteiger partial charge in [-0.3, -0.25) is 0 Å². The van der Waals surface area contributed by atoms with Gasteiger partial charge in [-0.1, -0.05) is 33.6 Å². The Balaban J connectivity index is 2.65. The summed E-state index contributed by atoms with van der Waals surface area (Å²) in [6, 6.07) is 2.92. The highest BCUT2D eigenvalue weighted by Crippen LogP contribution is 2.28. The van der Waals surface area contributed by atoms with Crippen molar-refractivity contribution in [1.82, 2.24) is 5.32 Å². The summed E-state index contributed by atoms with van der Waals surface area (Å²) in [7, 11) is 0. The van der Waals surface area contributed by atoms with E-state index in [1.54, 1.807) is 0 Å². The second-order valence-electron chi connectivity index (χ2n) is 5.11. The van der Waals surface area contributed by atoms with Gasteiger partial charge in [-0.15, -0.1) is 0 Å². The summed E-state index contributed by atoms with van der Waals surface area (Å²) in [4.78, 5) is 0. The molecule has 2 unspecified atom stereocenters. The number of hydrogen-bond acceptors (Lipinski definition) is 2. The molecule has 0 spiro atoms. The van der Waals surface area contributed by atoms with Gasteiger partial charge in [0.2, 0.25) is 0 Å². The zero-order chi connectivity index (χ0) is 12.0. The fourth-order valence-corrected chi connectivity index (χ4v) is 2.91. The second-order valence-corrected chi connectivity index (χ2v) is 5.11. The van der Waals surface area contributed by atoms with Crippen molar-refractivity contribution < 1.29 is 0 Å². The highest BCUT2D eigenvalue weighted by atomic mass is 15.0. The molecular weight excluding hydrogens is 196 g/mol. The summed E-state index contributed by atoms with van der Waals surface area (Å²) in [5.74, 6) is 0.234. The molecule has 1 rings (SSSR count). The van der Waals surface area contributed by atoms with Crippen LogP contribution < -0.4 is 5.32 Å². The van der Waals surface area contributed by atoms with Crippen LogP contribution in [-0.2, 0) is 0 Å². The summed E-state index contributed by atoms with van der Waals surface area (Å²) >= 11 is 0. The third kappa shape index (κ3) is 2.98. The minimum absolute atomic E-state index is 0.234. The fraction of sp³-hybridized carbons (Fsp3) is 0.929. The fourth-order valence-electron chi connectivity index (χ4n) is 2.91. The minimum atomic E-state index is 0.234. The van der Waals surface area contributed by atoms with E-state index in [9.17, 15) is 5.26 Å². The van der Waals surface area contributed by atoms with E-state index in [2.05, 4.69) is 32.2 Å². The average Bonchev–Trinajstić information content (AvgIpc) is 2.36. The molecule has 1 aliphatic carbocycles. The lowest BCUT2D eigenvalue weighted by molar-refractivity contribution is 0.200. The average molecular weight is 222 g/mol. The van der Waals surface area contributed by atoms with Crippen molar-refractivity contribution in [2.75, 3.05) is 0 Å². The van der Waals surface area contributed by atoms with Crippen molar-refractivity contribution in [2.45, 2.75) is 77.3 Å². The molecule has 2 heteroatoms. The van der Waals surface area contributed by atoms with Crippen molar-refractivity contribution >= 4 is 0 Å². The molecule has 1 fully saturated rings. The molecule has 0 bridgehead atoms. The molecule has 92 valence electrons. The summed E-state index contributed by atoms with van der Waals surface area (Å²) in [6.07, 6.45) is 8.26. The largest absolute Gasteiger partial charge is 0.307 e. The summed E-state index contributed by atoms with van der Waals surface area (Å²) < 4.78 is 0. The van der Waals surface area contributed by atoms with Gasteiger partial charge in [0.1, 0.15) is 0 Å². The number of nitriles is 1. The second kappa shape index (κ2) is 6.25. The van der Waals surface area contributed by atoms with Crippen LogP contribution in [0.5, 0.6) is 0 Å². The van der Waals surface area contributed by atoms with E-state index in [1.165, 1.54) is 19.3 Å². The van der Waals surface area contributed by atoms with Gasteiger partial charge in [0.15, 0.2) is 0 Å². The lowest BCUT2D eigenvalue weighted by Gasteiger charge is -2.39. The van der Waals surface area contributed by atoms with Crippen LogP contribution in [0.25, 0.3) is 0 Å². The van der Waals surface area contributed by atoms with Crippen LogP contribution in [0.3, 0.4) is 0 Å². The Morgan fingerprint density at radius 1 is 1.12 bits per heavy atom. The standard InChI is InChI=1S/C14H26N2/c1-4-14(5-2,6-3)16-13-10-8-7-9-12(13)11-15/h12-13,16H,4-10H2,1-3H3. The molecule has 0 aromatic heterocycles. The maximum atomic E-state index is 9.19. The third-order valence-corrected chi connectivity index (χ3v) is 4.45. The monoisotopic (exact) mass is 222 g/mol. The van der Waals surface area contributed by atoms with Gasteiger partial charge in [-0.05, 0) is 32.1 Å². The molecule has 1 saturated carbocycles. The highest BCUT2D eigenvalue weighted by molar-refractivity contribution is 4.98. The molecule has 1 aliphatic rings. The van der Waals surface area contributed by atoms with Gasteiger partial charge in [0.25, 0.3) is 0 Å². The first kappa shape index (κ1) is 13.5. The summed E-state index contributed by atoms with van der Waals surface area (Å²) in [6.45, 7) is 6.76. The Bertz CT molecular complexity index is 229. The van der Waals surface area contributed by atoms with Crippen LogP contribution in [0.4, 0.5) is 0 Å². The van der Waals surface area contributed by atoms with Gasteiger partial charge in [-0.2, -0.15) is 5.26 Å². The molecule has 0 saturated heterocycles. The van der Waals surface area contributed by atoms with E-state index in [1.807, 2.05) is 0 Å². The Morgan fingerprint density at radius 3 is 2.19 bits per heavy atom. The minimum Gasteiger partial charge on any atom is -0.307 e. The van der Waals surface area contributed by atoms with Crippen LogP contribution in [-0.4, -0.2) is 11.6 Å². The van der Waals surface area contributed by atoms with Crippen molar-refractivity contribution in [3.8, 4) is 6.07 Å². The first-order valence-corrected chi connectivity index (χ1v) is 6.88. The van der Waals surface area contributed by atoms with E-state index >= 15 is 0 Å². The number of nitrogens with one attached hydrogen (secondary N) is 1. The molecule has 0 amide bonds. The van der Waals surface area contributed by atoms with Crippen LogP contribution in [0.1, 0.15) is 65.7 Å². The van der Waals surface area contributed by atoms with Gasteiger partial charge in [0, 0.05) is 11.6 Å². The quantitative estimate of drug-likeness (QED) is 0.771. The van der Waals surface area contributed by atoms with E-state index in [0.29, 0.717) is 6.04 Å². The first-order chi connectivity index (χ1) is 7.71. The molecule has 2 atom stereocenters.